The summed E-state index contributed by atoms with van der Waals surface area (Å²) in [6, 6.07) is 0. The van der Waals surface area contributed by atoms with E-state index in [-0.39, 0.29) is 12.1 Å². The van der Waals surface area contributed by atoms with E-state index >= 15 is 0 Å². The molecule has 0 aliphatic heterocycles. The third-order valence-corrected chi connectivity index (χ3v) is 3.02. The molecule has 0 aromatic carbocycles. The second-order valence-electron chi connectivity index (χ2n) is 4.42. The first-order chi connectivity index (χ1) is 7.11. The zero-order chi connectivity index (χ0) is 11.7. The molecule has 3 nitrogen and oxygen atoms in total. The van der Waals surface area contributed by atoms with Gasteiger partial charge >= 0.3 is 0 Å². The number of aliphatic hydroxyl groups excluding tert-OH is 1. The van der Waals surface area contributed by atoms with Gasteiger partial charge in [0.2, 0.25) is 0 Å². The third-order valence-electron chi connectivity index (χ3n) is 3.02. The van der Waals surface area contributed by atoms with Crippen LogP contribution in [0.3, 0.4) is 0 Å². The molecule has 0 aliphatic rings. The van der Waals surface area contributed by atoms with Crippen molar-refractivity contribution in [2.45, 2.75) is 46.1 Å². The Balaban J connectivity index is 3.95. The molecular weight excluding hydrogens is 188 g/mol. The Bertz CT molecular complexity index is 149. The number of aliphatic hydroxyl groups is 1. The van der Waals surface area contributed by atoms with Gasteiger partial charge in [0.25, 0.3) is 0 Å². The molecule has 1 atom stereocenters. The molecule has 15 heavy (non-hydrogen) atoms. The molecule has 0 fully saturated rings. The fourth-order valence-electron chi connectivity index (χ4n) is 1.59. The van der Waals surface area contributed by atoms with E-state index in [1.165, 1.54) is 0 Å². The molecule has 0 bridgehead atoms. The van der Waals surface area contributed by atoms with Gasteiger partial charge in [-0.25, -0.2) is 0 Å². The first-order valence-electron chi connectivity index (χ1n) is 6.20. The standard InChI is InChI=1S/C12H28N2O/c1-5-9-13-12(4,11-15)8-10-14(6-2)7-3/h13,15H,5-11H2,1-4H3. The maximum absolute atomic E-state index is 9.39. The van der Waals surface area contributed by atoms with Crippen LogP contribution in [0.4, 0.5) is 0 Å². The number of rotatable bonds is 9. The van der Waals surface area contributed by atoms with Crippen molar-refractivity contribution in [3.05, 3.63) is 0 Å². The van der Waals surface area contributed by atoms with Crippen molar-refractivity contribution in [1.82, 2.24) is 10.2 Å². The highest BCUT2D eigenvalue weighted by atomic mass is 16.3. The summed E-state index contributed by atoms with van der Waals surface area (Å²) in [5, 5.41) is 12.8. The second kappa shape index (κ2) is 8.08. The van der Waals surface area contributed by atoms with Crippen LogP contribution in [0.5, 0.6) is 0 Å². The second-order valence-corrected chi connectivity index (χ2v) is 4.42. The molecule has 0 aromatic heterocycles. The minimum Gasteiger partial charge on any atom is -0.394 e. The summed E-state index contributed by atoms with van der Waals surface area (Å²) in [6.07, 6.45) is 2.12. The van der Waals surface area contributed by atoms with Crippen LogP contribution in [-0.4, -0.2) is 48.3 Å². The fraction of sp³-hybridized carbons (Fsp3) is 1.00. The number of nitrogens with one attached hydrogen (secondary N) is 1. The summed E-state index contributed by atoms with van der Waals surface area (Å²) in [5.74, 6) is 0. The fourth-order valence-corrected chi connectivity index (χ4v) is 1.59. The van der Waals surface area contributed by atoms with Crippen molar-refractivity contribution in [2.75, 3.05) is 32.8 Å². The summed E-state index contributed by atoms with van der Waals surface area (Å²) in [6.45, 7) is 13.0. The molecule has 2 N–H and O–H groups in total. The molecule has 0 rings (SSSR count). The van der Waals surface area contributed by atoms with Crippen molar-refractivity contribution < 1.29 is 5.11 Å². The molecule has 92 valence electrons. The molecule has 0 saturated heterocycles. The van der Waals surface area contributed by atoms with E-state index in [4.69, 9.17) is 0 Å². The smallest absolute Gasteiger partial charge is 0.0611 e. The van der Waals surface area contributed by atoms with Crippen LogP contribution in [0, 0.1) is 0 Å². The number of hydrogen-bond acceptors (Lipinski definition) is 3. The van der Waals surface area contributed by atoms with Crippen molar-refractivity contribution in [2.24, 2.45) is 0 Å². The maximum Gasteiger partial charge on any atom is 0.0611 e. The largest absolute Gasteiger partial charge is 0.394 e. The van der Waals surface area contributed by atoms with Gasteiger partial charge < -0.3 is 15.3 Å². The van der Waals surface area contributed by atoms with Crippen molar-refractivity contribution >= 4 is 0 Å². The SMILES string of the molecule is CCCNC(C)(CO)CCN(CC)CC. The molecule has 3 heteroatoms. The van der Waals surface area contributed by atoms with E-state index in [9.17, 15) is 5.11 Å². The summed E-state index contributed by atoms with van der Waals surface area (Å²) in [7, 11) is 0. The van der Waals surface area contributed by atoms with Crippen LogP contribution in [0.1, 0.15) is 40.5 Å². The minimum atomic E-state index is -0.112. The number of hydrogen-bond donors (Lipinski definition) is 2. The van der Waals surface area contributed by atoms with E-state index in [0.29, 0.717) is 0 Å². The lowest BCUT2D eigenvalue weighted by Gasteiger charge is -2.31. The van der Waals surface area contributed by atoms with Gasteiger partial charge in [0.15, 0.2) is 0 Å². The predicted molar refractivity (Wildman–Crippen MR) is 66.2 cm³/mol. The molecule has 0 heterocycles. The van der Waals surface area contributed by atoms with Gasteiger partial charge in [0.1, 0.15) is 0 Å². The first kappa shape index (κ1) is 14.9. The average molecular weight is 216 g/mol. The van der Waals surface area contributed by atoms with Crippen LogP contribution < -0.4 is 5.32 Å². The molecule has 0 saturated carbocycles. The van der Waals surface area contributed by atoms with E-state index in [2.05, 4.69) is 37.9 Å². The average Bonchev–Trinajstić information content (AvgIpc) is 2.28. The number of nitrogens with zero attached hydrogens (tertiary/aromatic N) is 1. The lowest BCUT2D eigenvalue weighted by atomic mass is 9.98. The van der Waals surface area contributed by atoms with Gasteiger partial charge in [0.05, 0.1) is 6.61 Å². The van der Waals surface area contributed by atoms with E-state index in [1.54, 1.807) is 0 Å². The lowest BCUT2D eigenvalue weighted by molar-refractivity contribution is 0.148. The monoisotopic (exact) mass is 216 g/mol. The molecule has 1 unspecified atom stereocenters. The molecular formula is C12H28N2O. The van der Waals surface area contributed by atoms with Gasteiger partial charge in [0, 0.05) is 5.54 Å². The van der Waals surface area contributed by atoms with Gasteiger partial charge in [-0.05, 0) is 45.9 Å². The third kappa shape index (κ3) is 6.13. The Morgan fingerprint density at radius 3 is 2.20 bits per heavy atom. The Hall–Kier alpha value is -0.120. The van der Waals surface area contributed by atoms with Crippen LogP contribution in [0.25, 0.3) is 0 Å². The highest BCUT2D eigenvalue weighted by Gasteiger charge is 2.22. The topological polar surface area (TPSA) is 35.5 Å². The van der Waals surface area contributed by atoms with Crippen LogP contribution >= 0.6 is 0 Å². The zero-order valence-electron chi connectivity index (χ0n) is 10.8. The van der Waals surface area contributed by atoms with Crippen molar-refractivity contribution in [3.8, 4) is 0 Å². The Morgan fingerprint density at radius 2 is 1.80 bits per heavy atom. The molecule has 0 aliphatic carbocycles. The molecule has 0 spiro atoms. The quantitative estimate of drug-likeness (QED) is 0.612. The van der Waals surface area contributed by atoms with Crippen molar-refractivity contribution in [3.63, 3.8) is 0 Å². The zero-order valence-corrected chi connectivity index (χ0v) is 10.8. The Morgan fingerprint density at radius 1 is 1.20 bits per heavy atom. The summed E-state index contributed by atoms with van der Waals surface area (Å²) >= 11 is 0. The lowest BCUT2D eigenvalue weighted by Crippen LogP contribution is -2.48. The summed E-state index contributed by atoms with van der Waals surface area (Å²) in [5.41, 5.74) is -0.112. The predicted octanol–water partition coefficient (Wildman–Crippen LogP) is 1.47. The van der Waals surface area contributed by atoms with Gasteiger partial charge in [-0.3, -0.25) is 0 Å². The van der Waals surface area contributed by atoms with E-state index in [1.807, 2.05) is 0 Å². The molecule has 0 aromatic rings. The van der Waals surface area contributed by atoms with Crippen LogP contribution in [0.15, 0.2) is 0 Å². The maximum atomic E-state index is 9.39. The van der Waals surface area contributed by atoms with E-state index in [0.717, 1.165) is 39.0 Å². The minimum absolute atomic E-state index is 0.112. The normalized spacial score (nSPS) is 15.6. The van der Waals surface area contributed by atoms with Gasteiger partial charge in [-0.1, -0.05) is 20.8 Å². The van der Waals surface area contributed by atoms with Crippen molar-refractivity contribution in [1.29, 1.82) is 0 Å². The first-order valence-corrected chi connectivity index (χ1v) is 6.20. The van der Waals surface area contributed by atoms with Crippen LogP contribution in [-0.2, 0) is 0 Å². The van der Waals surface area contributed by atoms with Gasteiger partial charge in [-0.2, -0.15) is 0 Å². The highest BCUT2D eigenvalue weighted by Crippen LogP contribution is 2.09. The Labute approximate surface area is 94.9 Å². The Kier molecular flexibility index (Phi) is 8.02. The molecule has 0 radical (unpaired) electrons. The summed E-state index contributed by atoms with van der Waals surface area (Å²) in [4.78, 5) is 2.39. The van der Waals surface area contributed by atoms with Crippen LogP contribution in [0.2, 0.25) is 0 Å². The highest BCUT2D eigenvalue weighted by molar-refractivity contribution is 4.83. The molecule has 0 amide bonds. The van der Waals surface area contributed by atoms with Gasteiger partial charge in [-0.15, -0.1) is 0 Å². The van der Waals surface area contributed by atoms with E-state index < -0.39 is 0 Å². The summed E-state index contributed by atoms with van der Waals surface area (Å²) < 4.78 is 0.